The Hall–Kier alpha value is -2.27. The van der Waals surface area contributed by atoms with Crippen molar-refractivity contribution in [3.05, 3.63) is 52.8 Å². The van der Waals surface area contributed by atoms with Crippen molar-refractivity contribution >= 4 is 17.5 Å². The Labute approximate surface area is 127 Å². The summed E-state index contributed by atoms with van der Waals surface area (Å²) in [5, 5.41) is 0.366. The van der Waals surface area contributed by atoms with Crippen LogP contribution in [0.4, 0.5) is 0 Å². The second-order valence-corrected chi connectivity index (χ2v) is 5.11. The molecule has 2 aromatic rings. The molecule has 5 nitrogen and oxygen atoms in total. The van der Waals surface area contributed by atoms with Crippen LogP contribution >= 0.6 is 11.6 Å². The van der Waals surface area contributed by atoms with E-state index in [1.807, 2.05) is 18.2 Å². The first-order valence-corrected chi connectivity index (χ1v) is 6.77. The van der Waals surface area contributed by atoms with E-state index in [1.165, 1.54) is 6.20 Å². The normalized spacial score (nSPS) is 12.3. The third-order valence-corrected chi connectivity index (χ3v) is 3.40. The van der Waals surface area contributed by atoms with Crippen molar-refractivity contribution in [1.82, 2.24) is 9.88 Å². The van der Waals surface area contributed by atoms with Crippen molar-refractivity contribution in [3.63, 3.8) is 0 Å². The zero-order chi connectivity index (χ0) is 14.8. The summed E-state index contributed by atoms with van der Waals surface area (Å²) in [6, 6.07) is 8.90. The molecule has 108 valence electrons. The van der Waals surface area contributed by atoms with Crippen LogP contribution in [0.1, 0.15) is 15.9 Å². The summed E-state index contributed by atoms with van der Waals surface area (Å²) in [5.41, 5.74) is 1.47. The lowest BCUT2D eigenvalue weighted by Crippen LogP contribution is -2.26. The lowest BCUT2D eigenvalue weighted by Gasteiger charge is -2.17. The van der Waals surface area contributed by atoms with Gasteiger partial charge in [-0.3, -0.25) is 4.79 Å². The predicted molar refractivity (Wildman–Crippen MR) is 77.6 cm³/mol. The maximum absolute atomic E-state index is 12.3. The number of carbonyl (C=O) groups excluding carboxylic acids is 1. The van der Waals surface area contributed by atoms with Gasteiger partial charge in [-0.25, -0.2) is 4.98 Å². The van der Waals surface area contributed by atoms with Gasteiger partial charge in [0.2, 0.25) is 6.79 Å². The van der Waals surface area contributed by atoms with Crippen molar-refractivity contribution in [3.8, 4) is 11.5 Å². The van der Waals surface area contributed by atoms with Crippen molar-refractivity contribution < 1.29 is 14.3 Å². The van der Waals surface area contributed by atoms with Crippen LogP contribution in [0, 0.1) is 0 Å². The average Bonchev–Trinajstić information content (AvgIpc) is 2.95. The number of ether oxygens (including phenoxy) is 2. The van der Waals surface area contributed by atoms with Gasteiger partial charge in [-0.1, -0.05) is 17.7 Å². The molecule has 0 bridgehead atoms. The summed E-state index contributed by atoms with van der Waals surface area (Å²) in [6.45, 7) is 0.710. The molecule has 21 heavy (non-hydrogen) atoms. The number of benzene rings is 1. The molecule has 6 heteroatoms. The molecule has 0 atom stereocenters. The van der Waals surface area contributed by atoms with Crippen LogP contribution in [0.2, 0.25) is 5.15 Å². The first-order valence-electron chi connectivity index (χ1n) is 6.39. The number of fused-ring (bicyclic) bond motifs is 1. The Morgan fingerprint density at radius 3 is 2.86 bits per heavy atom. The number of rotatable bonds is 3. The zero-order valence-electron chi connectivity index (χ0n) is 11.4. The number of aromatic nitrogens is 1. The molecule has 2 heterocycles. The lowest BCUT2D eigenvalue weighted by atomic mass is 10.1. The summed E-state index contributed by atoms with van der Waals surface area (Å²) in [6.07, 6.45) is 1.47. The van der Waals surface area contributed by atoms with Crippen molar-refractivity contribution in [1.29, 1.82) is 0 Å². The molecular weight excluding hydrogens is 292 g/mol. The van der Waals surface area contributed by atoms with Crippen LogP contribution < -0.4 is 9.47 Å². The van der Waals surface area contributed by atoms with E-state index in [9.17, 15) is 4.79 Å². The van der Waals surface area contributed by atoms with Gasteiger partial charge in [0.1, 0.15) is 5.15 Å². The molecular formula is C15H13ClN2O3. The quantitative estimate of drug-likeness (QED) is 0.818. The Kier molecular flexibility index (Phi) is 3.66. The smallest absolute Gasteiger partial charge is 0.255 e. The number of amides is 1. The fourth-order valence-corrected chi connectivity index (χ4v) is 2.22. The van der Waals surface area contributed by atoms with E-state index >= 15 is 0 Å². The second kappa shape index (κ2) is 5.61. The molecule has 1 amide bonds. The second-order valence-electron chi connectivity index (χ2n) is 4.72. The van der Waals surface area contributed by atoms with Gasteiger partial charge in [0.25, 0.3) is 5.91 Å². The van der Waals surface area contributed by atoms with E-state index in [4.69, 9.17) is 21.1 Å². The molecule has 1 aromatic carbocycles. The zero-order valence-corrected chi connectivity index (χ0v) is 12.1. The molecule has 0 saturated carbocycles. The fraction of sp³-hybridized carbons (Fsp3) is 0.200. The van der Waals surface area contributed by atoms with Crippen LogP contribution in [0.3, 0.4) is 0 Å². The Morgan fingerprint density at radius 1 is 1.29 bits per heavy atom. The topological polar surface area (TPSA) is 51.7 Å². The van der Waals surface area contributed by atoms with E-state index in [0.29, 0.717) is 23.0 Å². The number of carbonyl (C=O) groups is 1. The molecule has 0 radical (unpaired) electrons. The third-order valence-electron chi connectivity index (χ3n) is 3.18. The number of nitrogens with zero attached hydrogens (tertiary/aromatic N) is 2. The highest BCUT2D eigenvalue weighted by Gasteiger charge is 2.16. The van der Waals surface area contributed by atoms with Gasteiger partial charge >= 0.3 is 0 Å². The minimum Gasteiger partial charge on any atom is -0.454 e. The molecule has 0 saturated heterocycles. The Balaban J connectivity index is 1.72. The molecule has 0 N–H and O–H groups in total. The first-order chi connectivity index (χ1) is 10.1. The minimum atomic E-state index is -0.114. The monoisotopic (exact) mass is 304 g/mol. The predicted octanol–water partition coefficient (Wildman–Crippen LogP) is 2.74. The van der Waals surface area contributed by atoms with Gasteiger partial charge in [-0.05, 0) is 29.8 Å². The summed E-state index contributed by atoms with van der Waals surface area (Å²) in [4.78, 5) is 17.8. The van der Waals surface area contributed by atoms with Crippen molar-refractivity contribution in [2.45, 2.75) is 6.54 Å². The highest BCUT2D eigenvalue weighted by molar-refractivity contribution is 6.29. The van der Waals surface area contributed by atoms with Gasteiger partial charge < -0.3 is 14.4 Å². The maximum Gasteiger partial charge on any atom is 0.255 e. The van der Waals surface area contributed by atoms with Crippen LogP contribution in [0.15, 0.2) is 36.5 Å². The lowest BCUT2D eigenvalue weighted by molar-refractivity contribution is 0.0784. The number of hydrogen-bond acceptors (Lipinski definition) is 4. The standard InChI is InChI=1S/C15H13ClN2O3/c1-18(15(19)11-3-5-14(16)17-7-11)8-10-2-4-12-13(6-10)21-9-20-12/h2-7H,8-9H2,1H3. The summed E-state index contributed by atoms with van der Waals surface area (Å²) in [5.74, 6) is 1.33. The summed E-state index contributed by atoms with van der Waals surface area (Å²) < 4.78 is 10.6. The highest BCUT2D eigenvalue weighted by atomic mass is 35.5. The van der Waals surface area contributed by atoms with E-state index in [-0.39, 0.29) is 12.7 Å². The molecule has 1 aliphatic rings. The third kappa shape index (κ3) is 2.92. The van der Waals surface area contributed by atoms with Gasteiger partial charge in [-0.15, -0.1) is 0 Å². The van der Waals surface area contributed by atoms with E-state index in [1.54, 1.807) is 24.1 Å². The molecule has 0 unspecified atom stereocenters. The number of hydrogen-bond donors (Lipinski definition) is 0. The first kappa shape index (κ1) is 13.7. The fourth-order valence-electron chi connectivity index (χ4n) is 2.11. The van der Waals surface area contributed by atoms with E-state index in [0.717, 1.165) is 11.3 Å². The van der Waals surface area contributed by atoms with Crippen LogP contribution in [-0.2, 0) is 6.54 Å². The largest absolute Gasteiger partial charge is 0.454 e. The van der Waals surface area contributed by atoms with E-state index < -0.39 is 0 Å². The SMILES string of the molecule is CN(Cc1ccc2c(c1)OCO2)C(=O)c1ccc(Cl)nc1. The van der Waals surface area contributed by atoms with Gasteiger partial charge in [0.15, 0.2) is 11.5 Å². The van der Waals surface area contributed by atoms with Crippen LogP contribution in [-0.4, -0.2) is 29.6 Å². The van der Waals surface area contributed by atoms with Crippen LogP contribution in [0.25, 0.3) is 0 Å². The molecule has 0 fully saturated rings. The molecule has 3 rings (SSSR count). The van der Waals surface area contributed by atoms with Gasteiger partial charge in [0.05, 0.1) is 5.56 Å². The highest BCUT2D eigenvalue weighted by Crippen LogP contribution is 2.32. The van der Waals surface area contributed by atoms with E-state index in [2.05, 4.69) is 4.98 Å². The molecule has 0 spiro atoms. The summed E-state index contributed by atoms with van der Waals surface area (Å²) >= 11 is 5.72. The Bertz CT molecular complexity index is 673. The molecule has 1 aromatic heterocycles. The van der Waals surface area contributed by atoms with Gasteiger partial charge in [-0.2, -0.15) is 0 Å². The van der Waals surface area contributed by atoms with Crippen molar-refractivity contribution in [2.75, 3.05) is 13.8 Å². The van der Waals surface area contributed by atoms with Crippen molar-refractivity contribution in [2.24, 2.45) is 0 Å². The molecule has 1 aliphatic heterocycles. The summed E-state index contributed by atoms with van der Waals surface area (Å²) in [7, 11) is 1.74. The molecule has 0 aliphatic carbocycles. The maximum atomic E-state index is 12.3. The average molecular weight is 305 g/mol. The number of pyridine rings is 1. The van der Waals surface area contributed by atoms with Crippen LogP contribution in [0.5, 0.6) is 11.5 Å². The Morgan fingerprint density at radius 2 is 2.10 bits per heavy atom. The van der Waals surface area contributed by atoms with Gasteiger partial charge in [0, 0.05) is 19.8 Å². The number of halogens is 1. The minimum absolute atomic E-state index is 0.114.